The quantitative estimate of drug-likeness (QED) is 0.752. The molecule has 1 unspecified atom stereocenters. The van der Waals surface area contributed by atoms with Gasteiger partial charge in [0.05, 0.1) is 16.8 Å². The maximum absolute atomic E-state index is 9.63. The Hall–Kier alpha value is -0.450. The van der Waals surface area contributed by atoms with E-state index in [0.29, 0.717) is 5.92 Å². The van der Waals surface area contributed by atoms with Crippen molar-refractivity contribution in [3.8, 4) is 0 Å². The van der Waals surface area contributed by atoms with Crippen molar-refractivity contribution in [1.29, 1.82) is 0 Å². The van der Waals surface area contributed by atoms with Crippen molar-refractivity contribution in [2.75, 3.05) is 6.54 Å². The van der Waals surface area contributed by atoms with Crippen LogP contribution < -0.4 is 5.32 Å². The molecule has 92 valence electrons. The lowest BCUT2D eigenvalue weighted by Gasteiger charge is -2.14. The molecular formula is C12H22N2OS. The van der Waals surface area contributed by atoms with Crippen LogP contribution in [-0.2, 0) is 6.54 Å². The molecule has 0 aliphatic heterocycles. The third kappa shape index (κ3) is 4.20. The van der Waals surface area contributed by atoms with Gasteiger partial charge in [0.15, 0.2) is 0 Å². The first-order chi connectivity index (χ1) is 7.50. The fraction of sp³-hybridized carbons (Fsp3) is 0.750. The molecule has 0 saturated carbocycles. The van der Waals surface area contributed by atoms with Gasteiger partial charge in [0, 0.05) is 11.4 Å². The summed E-state index contributed by atoms with van der Waals surface area (Å²) in [5.41, 5.74) is 1.12. The van der Waals surface area contributed by atoms with Crippen molar-refractivity contribution in [1.82, 2.24) is 10.3 Å². The molecule has 4 heteroatoms. The summed E-state index contributed by atoms with van der Waals surface area (Å²) in [5.74, 6) is 0.342. The van der Waals surface area contributed by atoms with Crippen LogP contribution in [0.3, 0.4) is 0 Å². The first kappa shape index (κ1) is 13.6. The maximum Gasteiger partial charge on any atom is 0.0900 e. The molecule has 1 rings (SSSR count). The molecule has 0 bridgehead atoms. The van der Waals surface area contributed by atoms with Gasteiger partial charge in [-0.1, -0.05) is 13.8 Å². The Morgan fingerprint density at radius 1 is 1.38 bits per heavy atom. The highest BCUT2D eigenvalue weighted by atomic mass is 32.1. The van der Waals surface area contributed by atoms with E-state index in [9.17, 15) is 5.11 Å². The fourth-order valence-corrected chi connectivity index (χ4v) is 2.43. The molecule has 2 N–H and O–H groups in total. The summed E-state index contributed by atoms with van der Waals surface area (Å²) in [6, 6.07) is 0. The van der Waals surface area contributed by atoms with E-state index in [0.717, 1.165) is 30.2 Å². The summed E-state index contributed by atoms with van der Waals surface area (Å²) < 4.78 is 0. The van der Waals surface area contributed by atoms with Gasteiger partial charge >= 0.3 is 0 Å². The number of aryl methyl sites for hydroxylation is 2. The van der Waals surface area contributed by atoms with E-state index in [1.165, 1.54) is 4.88 Å². The summed E-state index contributed by atoms with van der Waals surface area (Å²) in [6.45, 7) is 9.88. The summed E-state index contributed by atoms with van der Waals surface area (Å²) in [5, 5.41) is 14.1. The summed E-state index contributed by atoms with van der Waals surface area (Å²) in [4.78, 5) is 5.68. The maximum atomic E-state index is 9.63. The number of aliphatic hydroxyl groups excluding tert-OH is 1. The van der Waals surface area contributed by atoms with Crippen LogP contribution in [0.4, 0.5) is 0 Å². The third-order valence-corrected chi connectivity index (χ3v) is 3.74. The SMILES string of the molecule is Cc1nc(C)c(CNCCC(O)C(C)C)s1. The standard InChI is InChI=1S/C12H22N2OS/c1-8(2)11(15)5-6-13-7-12-9(3)14-10(4)16-12/h8,11,13,15H,5-7H2,1-4H3. The third-order valence-electron chi connectivity index (χ3n) is 2.67. The van der Waals surface area contributed by atoms with Crippen molar-refractivity contribution in [2.24, 2.45) is 5.92 Å². The lowest BCUT2D eigenvalue weighted by atomic mass is 10.0. The molecule has 3 nitrogen and oxygen atoms in total. The molecule has 1 heterocycles. The van der Waals surface area contributed by atoms with E-state index in [1.807, 2.05) is 27.7 Å². The number of nitrogens with zero attached hydrogens (tertiary/aromatic N) is 1. The van der Waals surface area contributed by atoms with E-state index in [1.54, 1.807) is 11.3 Å². The van der Waals surface area contributed by atoms with E-state index < -0.39 is 0 Å². The van der Waals surface area contributed by atoms with Crippen LogP contribution in [0.15, 0.2) is 0 Å². The van der Waals surface area contributed by atoms with Crippen LogP contribution >= 0.6 is 11.3 Å². The molecule has 0 aromatic carbocycles. The van der Waals surface area contributed by atoms with Crippen molar-refractivity contribution in [3.63, 3.8) is 0 Å². The Bertz CT molecular complexity index is 323. The molecule has 0 fully saturated rings. The second-order valence-corrected chi connectivity index (χ2v) is 5.81. The molecule has 1 aromatic rings. The number of nitrogens with one attached hydrogen (secondary N) is 1. The minimum absolute atomic E-state index is 0.197. The first-order valence-corrected chi connectivity index (χ1v) is 6.64. The van der Waals surface area contributed by atoms with Gasteiger partial charge in [0.2, 0.25) is 0 Å². The van der Waals surface area contributed by atoms with Crippen LogP contribution in [0.1, 0.15) is 35.8 Å². The molecule has 1 atom stereocenters. The summed E-state index contributed by atoms with van der Waals surface area (Å²) >= 11 is 1.74. The van der Waals surface area contributed by atoms with Gasteiger partial charge in [-0.05, 0) is 32.7 Å². The van der Waals surface area contributed by atoms with Crippen LogP contribution in [0.2, 0.25) is 0 Å². The fourth-order valence-electron chi connectivity index (χ4n) is 1.52. The summed E-state index contributed by atoms with van der Waals surface area (Å²) in [6.07, 6.45) is 0.617. The lowest BCUT2D eigenvalue weighted by molar-refractivity contribution is 0.116. The minimum Gasteiger partial charge on any atom is -0.393 e. The second kappa shape index (κ2) is 6.33. The number of hydrogen-bond acceptors (Lipinski definition) is 4. The molecule has 0 aliphatic rings. The smallest absolute Gasteiger partial charge is 0.0900 e. The first-order valence-electron chi connectivity index (χ1n) is 5.82. The number of aromatic nitrogens is 1. The van der Waals surface area contributed by atoms with Crippen molar-refractivity contribution in [2.45, 2.75) is 46.8 Å². The topological polar surface area (TPSA) is 45.2 Å². The van der Waals surface area contributed by atoms with Crippen molar-refractivity contribution >= 4 is 11.3 Å². The molecule has 1 aromatic heterocycles. The van der Waals surface area contributed by atoms with Crippen LogP contribution in [-0.4, -0.2) is 22.7 Å². The van der Waals surface area contributed by atoms with E-state index in [-0.39, 0.29) is 6.10 Å². The van der Waals surface area contributed by atoms with Crippen LogP contribution in [0, 0.1) is 19.8 Å². The molecule has 0 amide bonds. The number of rotatable bonds is 6. The van der Waals surface area contributed by atoms with E-state index >= 15 is 0 Å². The molecule has 0 aliphatic carbocycles. The number of aliphatic hydroxyl groups is 1. The average molecular weight is 242 g/mol. The monoisotopic (exact) mass is 242 g/mol. The molecule has 0 radical (unpaired) electrons. The molecule has 16 heavy (non-hydrogen) atoms. The average Bonchev–Trinajstić information content (AvgIpc) is 2.51. The zero-order valence-electron chi connectivity index (χ0n) is 10.6. The van der Waals surface area contributed by atoms with Crippen LogP contribution in [0.25, 0.3) is 0 Å². The molecule has 0 spiro atoms. The van der Waals surface area contributed by atoms with Gasteiger partial charge in [-0.25, -0.2) is 4.98 Å². The van der Waals surface area contributed by atoms with Crippen molar-refractivity contribution in [3.05, 3.63) is 15.6 Å². The zero-order chi connectivity index (χ0) is 12.1. The Balaban J connectivity index is 2.23. The predicted octanol–water partition coefficient (Wildman–Crippen LogP) is 2.26. The normalized spacial score (nSPS) is 13.4. The van der Waals surface area contributed by atoms with Crippen molar-refractivity contribution < 1.29 is 5.11 Å². The number of thiazole rings is 1. The predicted molar refractivity (Wildman–Crippen MR) is 68.8 cm³/mol. The van der Waals surface area contributed by atoms with Gasteiger partial charge in [-0.3, -0.25) is 0 Å². The highest BCUT2D eigenvalue weighted by molar-refractivity contribution is 7.11. The van der Waals surface area contributed by atoms with E-state index in [4.69, 9.17) is 0 Å². The van der Waals surface area contributed by atoms with Gasteiger partial charge < -0.3 is 10.4 Å². The Labute approximate surface area is 102 Å². The van der Waals surface area contributed by atoms with Gasteiger partial charge in [0.25, 0.3) is 0 Å². The minimum atomic E-state index is -0.197. The lowest BCUT2D eigenvalue weighted by Crippen LogP contribution is -2.23. The molecule has 0 saturated heterocycles. The van der Waals surface area contributed by atoms with E-state index in [2.05, 4.69) is 10.3 Å². The number of hydrogen-bond donors (Lipinski definition) is 2. The zero-order valence-corrected chi connectivity index (χ0v) is 11.4. The second-order valence-electron chi connectivity index (χ2n) is 4.52. The van der Waals surface area contributed by atoms with Crippen LogP contribution in [0.5, 0.6) is 0 Å². The highest BCUT2D eigenvalue weighted by Crippen LogP contribution is 2.16. The van der Waals surface area contributed by atoms with Gasteiger partial charge in [-0.2, -0.15) is 0 Å². The summed E-state index contributed by atoms with van der Waals surface area (Å²) in [7, 11) is 0. The highest BCUT2D eigenvalue weighted by Gasteiger charge is 2.08. The Morgan fingerprint density at radius 2 is 2.06 bits per heavy atom. The van der Waals surface area contributed by atoms with Gasteiger partial charge in [0.1, 0.15) is 0 Å². The Morgan fingerprint density at radius 3 is 2.56 bits per heavy atom. The largest absolute Gasteiger partial charge is 0.393 e. The Kier molecular flexibility index (Phi) is 5.38. The van der Waals surface area contributed by atoms with Gasteiger partial charge in [-0.15, -0.1) is 11.3 Å². The molecular weight excluding hydrogens is 220 g/mol.